The van der Waals surface area contributed by atoms with Gasteiger partial charge in [0.2, 0.25) is 5.75 Å². The molecule has 0 aromatic heterocycles. The monoisotopic (exact) mass is 196 g/mol. The number of methoxy groups -OCH3 is 2. The number of carbonyl (C=O) groups is 1. The summed E-state index contributed by atoms with van der Waals surface area (Å²) in [5.74, 6) is 0.923. The number of hydrogen-bond donors (Lipinski definition) is 0. The van der Waals surface area contributed by atoms with Gasteiger partial charge in [-0.3, -0.25) is 4.79 Å². The molecule has 0 aliphatic rings. The third kappa shape index (κ3) is 2.16. The Morgan fingerprint density at radius 2 is 1.79 bits per heavy atom. The minimum absolute atomic E-state index is 0.361. The fourth-order valence-electron chi connectivity index (χ4n) is 1.09. The van der Waals surface area contributed by atoms with Gasteiger partial charge in [-0.1, -0.05) is 6.07 Å². The molecule has 0 spiro atoms. The lowest BCUT2D eigenvalue weighted by Gasteiger charge is -2.11. The van der Waals surface area contributed by atoms with Crippen LogP contribution in [-0.2, 0) is 4.79 Å². The molecule has 4 nitrogen and oxygen atoms in total. The largest absolute Gasteiger partial charge is 0.493 e. The second kappa shape index (κ2) is 4.50. The number of para-hydroxylation sites is 1. The van der Waals surface area contributed by atoms with Crippen LogP contribution in [-0.4, -0.2) is 20.2 Å². The van der Waals surface area contributed by atoms with Crippen LogP contribution >= 0.6 is 0 Å². The summed E-state index contributed by atoms with van der Waals surface area (Å²) in [7, 11) is 3.01. The van der Waals surface area contributed by atoms with E-state index in [-0.39, 0.29) is 0 Å². The zero-order valence-corrected chi connectivity index (χ0v) is 8.37. The molecule has 0 fully saturated rings. The van der Waals surface area contributed by atoms with Crippen molar-refractivity contribution >= 4 is 5.97 Å². The molecule has 0 heterocycles. The molecular formula is C10H12O4. The number of hydrogen-bond acceptors (Lipinski definition) is 4. The molecule has 0 radical (unpaired) electrons. The first kappa shape index (κ1) is 10.4. The second-order valence-electron chi connectivity index (χ2n) is 2.59. The Hall–Kier alpha value is -1.71. The lowest BCUT2D eigenvalue weighted by molar-refractivity contribution is -0.132. The summed E-state index contributed by atoms with van der Waals surface area (Å²) in [6.45, 7) is 1.33. The highest BCUT2D eigenvalue weighted by atomic mass is 16.6. The summed E-state index contributed by atoms with van der Waals surface area (Å²) in [5, 5.41) is 0. The maximum absolute atomic E-state index is 10.8. The molecule has 0 aliphatic heterocycles. The first-order valence-electron chi connectivity index (χ1n) is 4.08. The van der Waals surface area contributed by atoms with Crippen molar-refractivity contribution in [3.8, 4) is 17.2 Å². The Kier molecular flexibility index (Phi) is 3.34. The highest BCUT2D eigenvalue weighted by Crippen LogP contribution is 2.36. The molecule has 0 saturated heterocycles. The lowest BCUT2D eigenvalue weighted by atomic mass is 10.3. The molecule has 0 unspecified atom stereocenters. The maximum Gasteiger partial charge on any atom is 0.308 e. The first-order chi connectivity index (χ1) is 6.69. The van der Waals surface area contributed by atoms with Crippen LogP contribution in [0.1, 0.15) is 6.92 Å². The van der Waals surface area contributed by atoms with Gasteiger partial charge in [0.1, 0.15) is 0 Å². The third-order valence-electron chi connectivity index (χ3n) is 1.62. The van der Waals surface area contributed by atoms with Crippen molar-refractivity contribution in [2.24, 2.45) is 0 Å². The van der Waals surface area contributed by atoms with Gasteiger partial charge >= 0.3 is 5.97 Å². The summed E-state index contributed by atoms with van der Waals surface area (Å²) in [6, 6.07) is 5.09. The number of carbonyl (C=O) groups excluding carboxylic acids is 1. The smallest absolute Gasteiger partial charge is 0.308 e. The van der Waals surface area contributed by atoms with E-state index in [1.165, 1.54) is 21.1 Å². The molecule has 1 aromatic rings. The Labute approximate surface area is 82.4 Å². The van der Waals surface area contributed by atoms with Crippen LogP contribution in [0.15, 0.2) is 18.2 Å². The average molecular weight is 196 g/mol. The molecule has 0 N–H and O–H groups in total. The first-order valence-corrected chi connectivity index (χ1v) is 4.08. The van der Waals surface area contributed by atoms with Gasteiger partial charge < -0.3 is 14.2 Å². The fourth-order valence-corrected chi connectivity index (χ4v) is 1.09. The standard InChI is InChI=1S/C10H12O4/c1-7(11)14-9-6-4-5-8(12-2)10(9)13-3/h4-6H,1-3H3. The van der Waals surface area contributed by atoms with E-state index in [1.54, 1.807) is 18.2 Å². The van der Waals surface area contributed by atoms with Gasteiger partial charge in [0.15, 0.2) is 11.5 Å². The van der Waals surface area contributed by atoms with E-state index < -0.39 is 5.97 Å². The van der Waals surface area contributed by atoms with Crippen molar-refractivity contribution in [1.29, 1.82) is 0 Å². The second-order valence-corrected chi connectivity index (χ2v) is 2.59. The molecule has 4 heteroatoms. The van der Waals surface area contributed by atoms with Crippen LogP contribution in [0.5, 0.6) is 17.2 Å². The lowest BCUT2D eigenvalue weighted by Crippen LogP contribution is -2.03. The Bertz CT molecular complexity index is 333. The number of rotatable bonds is 3. The quantitative estimate of drug-likeness (QED) is 0.544. The Morgan fingerprint density at radius 3 is 2.29 bits per heavy atom. The molecule has 0 bridgehead atoms. The third-order valence-corrected chi connectivity index (χ3v) is 1.62. The van der Waals surface area contributed by atoms with Gasteiger partial charge in [0, 0.05) is 6.92 Å². The fraction of sp³-hybridized carbons (Fsp3) is 0.300. The van der Waals surface area contributed by atoms with Crippen LogP contribution in [0, 0.1) is 0 Å². The zero-order valence-electron chi connectivity index (χ0n) is 8.37. The van der Waals surface area contributed by atoms with Crippen LogP contribution < -0.4 is 14.2 Å². The van der Waals surface area contributed by atoms with Gasteiger partial charge in [-0.25, -0.2) is 0 Å². The van der Waals surface area contributed by atoms with Crippen LogP contribution in [0.3, 0.4) is 0 Å². The average Bonchev–Trinajstić information content (AvgIpc) is 2.16. The molecule has 1 rings (SSSR count). The number of ether oxygens (including phenoxy) is 3. The van der Waals surface area contributed by atoms with Gasteiger partial charge in [-0.2, -0.15) is 0 Å². The highest BCUT2D eigenvalue weighted by Gasteiger charge is 2.11. The molecule has 0 amide bonds. The van der Waals surface area contributed by atoms with E-state index in [0.29, 0.717) is 17.2 Å². The molecule has 14 heavy (non-hydrogen) atoms. The van der Waals surface area contributed by atoms with E-state index in [4.69, 9.17) is 14.2 Å². The highest BCUT2D eigenvalue weighted by molar-refractivity contribution is 5.71. The van der Waals surface area contributed by atoms with Gasteiger partial charge in [-0.05, 0) is 12.1 Å². The maximum atomic E-state index is 10.8. The van der Waals surface area contributed by atoms with Crippen molar-refractivity contribution in [3.05, 3.63) is 18.2 Å². The zero-order chi connectivity index (χ0) is 10.6. The minimum atomic E-state index is -0.392. The van der Waals surface area contributed by atoms with Crippen LogP contribution in [0.25, 0.3) is 0 Å². The number of esters is 1. The SMILES string of the molecule is COc1cccc(OC(C)=O)c1OC. The predicted molar refractivity (Wildman–Crippen MR) is 50.9 cm³/mol. The van der Waals surface area contributed by atoms with Crippen LogP contribution in [0.2, 0.25) is 0 Å². The van der Waals surface area contributed by atoms with Crippen molar-refractivity contribution in [2.45, 2.75) is 6.92 Å². The minimum Gasteiger partial charge on any atom is -0.493 e. The van der Waals surface area contributed by atoms with E-state index in [1.807, 2.05) is 0 Å². The molecular weight excluding hydrogens is 184 g/mol. The summed E-state index contributed by atoms with van der Waals surface area (Å²) < 4.78 is 15.0. The molecule has 0 aliphatic carbocycles. The predicted octanol–water partition coefficient (Wildman–Crippen LogP) is 1.63. The van der Waals surface area contributed by atoms with Crippen molar-refractivity contribution in [2.75, 3.05) is 14.2 Å². The summed E-state index contributed by atoms with van der Waals surface area (Å²) >= 11 is 0. The van der Waals surface area contributed by atoms with Gasteiger partial charge in [0.25, 0.3) is 0 Å². The van der Waals surface area contributed by atoms with Gasteiger partial charge in [-0.15, -0.1) is 0 Å². The summed E-state index contributed by atoms with van der Waals surface area (Å²) in [5.41, 5.74) is 0. The topological polar surface area (TPSA) is 44.8 Å². The summed E-state index contributed by atoms with van der Waals surface area (Å²) in [6.07, 6.45) is 0. The molecule has 1 aromatic carbocycles. The number of benzene rings is 1. The van der Waals surface area contributed by atoms with E-state index in [9.17, 15) is 4.79 Å². The van der Waals surface area contributed by atoms with Gasteiger partial charge in [0.05, 0.1) is 14.2 Å². The van der Waals surface area contributed by atoms with E-state index >= 15 is 0 Å². The normalized spacial score (nSPS) is 9.36. The Balaban J connectivity index is 3.08. The van der Waals surface area contributed by atoms with E-state index in [2.05, 4.69) is 0 Å². The van der Waals surface area contributed by atoms with E-state index in [0.717, 1.165) is 0 Å². The van der Waals surface area contributed by atoms with Crippen molar-refractivity contribution < 1.29 is 19.0 Å². The molecule has 0 atom stereocenters. The molecule has 76 valence electrons. The molecule has 0 saturated carbocycles. The van der Waals surface area contributed by atoms with Crippen molar-refractivity contribution in [1.82, 2.24) is 0 Å². The summed E-state index contributed by atoms with van der Waals surface area (Å²) in [4.78, 5) is 10.8. The van der Waals surface area contributed by atoms with Crippen molar-refractivity contribution in [3.63, 3.8) is 0 Å². The van der Waals surface area contributed by atoms with Crippen LogP contribution in [0.4, 0.5) is 0 Å². The Morgan fingerprint density at radius 1 is 1.14 bits per heavy atom.